The van der Waals surface area contributed by atoms with Gasteiger partial charge in [-0.3, -0.25) is 0 Å². The number of furan rings is 1. The zero-order valence-electron chi connectivity index (χ0n) is 9.68. The van der Waals surface area contributed by atoms with Crippen LogP contribution in [0.2, 0.25) is 0 Å². The Balaban J connectivity index is 2.80. The average molecular weight is 195 g/mol. The van der Waals surface area contributed by atoms with Crippen LogP contribution in [0.3, 0.4) is 0 Å². The van der Waals surface area contributed by atoms with E-state index in [9.17, 15) is 0 Å². The summed E-state index contributed by atoms with van der Waals surface area (Å²) in [6.07, 6.45) is 2.37. The highest BCUT2D eigenvalue weighted by atomic mass is 16.3. The molecule has 1 atom stereocenters. The minimum Gasteiger partial charge on any atom is -0.466 e. The predicted molar refractivity (Wildman–Crippen MR) is 59.5 cm³/mol. The Kier molecular flexibility index (Phi) is 4.21. The van der Waals surface area contributed by atoms with Crippen molar-refractivity contribution in [1.29, 1.82) is 0 Å². The smallest absolute Gasteiger partial charge is 0.105 e. The van der Waals surface area contributed by atoms with Crippen LogP contribution in [0.5, 0.6) is 0 Å². The molecule has 0 radical (unpaired) electrons. The molecule has 0 aliphatic heterocycles. The molecule has 0 saturated heterocycles. The van der Waals surface area contributed by atoms with Crippen LogP contribution in [-0.2, 0) is 0 Å². The van der Waals surface area contributed by atoms with E-state index < -0.39 is 0 Å². The summed E-state index contributed by atoms with van der Waals surface area (Å²) in [6, 6.07) is 2.61. The highest BCUT2D eigenvalue weighted by molar-refractivity contribution is 5.23. The molecular formula is C12H21NO. The molecule has 2 heteroatoms. The fourth-order valence-electron chi connectivity index (χ4n) is 1.90. The lowest BCUT2D eigenvalue weighted by Gasteiger charge is -2.16. The molecule has 0 aliphatic carbocycles. The molecule has 0 amide bonds. The maximum atomic E-state index is 5.55. The van der Waals surface area contributed by atoms with Crippen molar-refractivity contribution >= 4 is 0 Å². The third-order valence-electron chi connectivity index (χ3n) is 2.48. The van der Waals surface area contributed by atoms with Crippen LogP contribution in [-0.4, -0.2) is 6.54 Å². The molecule has 0 saturated carbocycles. The lowest BCUT2D eigenvalue weighted by molar-refractivity contribution is 0.472. The summed E-state index contributed by atoms with van der Waals surface area (Å²) >= 11 is 0. The molecule has 0 bridgehead atoms. The van der Waals surface area contributed by atoms with Crippen LogP contribution in [0, 0.1) is 13.8 Å². The molecule has 1 N–H and O–H groups in total. The number of hydrogen-bond acceptors (Lipinski definition) is 2. The molecule has 0 aliphatic rings. The predicted octanol–water partition coefficient (Wildman–Crippen LogP) is 3.35. The number of aryl methyl sites for hydroxylation is 2. The fraction of sp³-hybridized carbons (Fsp3) is 0.667. The zero-order chi connectivity index (χ0) is 10.6. The molecule has 0 fully saturated rings. The summed E-state index contributed by atoms with van der Waals surface area (Å²) < 4.78 is 5.55. The monoisotopic (exact) mass is 195 g/mol. The van der Waals surface area contributed by atoms with Gasteiger partial charge < -0.3 is 9.73 Å². The highest BCUT2D eigenvalue weighted by Gasteiger charge is 2.14. The maximum absolute atomic E-state index is 5.55. The fourth-order valence-corrected chi connectivity index (χ4v) is 1.90. The summed E-state index contributed by atoms with van der Waals surface area (Å²) in [4.78, 5) is 0. The third-order valence-corrected chi connectivity index (χ3v) is 2.48. The van der Waals surface area contributed by atoms with Gasteiger partial charge >= 0.3 is 0 Å². The van der Waals surface area contributed by atoms with Crippen LogP contribution >= 0.6 is 0 Å². The minimum atomic E-state index is 0.461. The summed E-state index contributed by atoms with van der Waals surface area (Å²) in [7, 11) is 0. The Morgan fingerprint density at radius 1 is 1.36 bits per heavy atom. The lowest BCUT2D eigenvalue weighted by atomic mass is 10.0. The van der Waals surface area contributed by atoms with Gasteiger partial charge in [0.2, 0.25) is 0 Å². The third kappa shape index (κ3) is 2.61. The Morgan fingerprint density at radius 2 is 2.07 bits per heavy atom. The van der Waals surface area contributed by atoms with E-state index in [0.717, 1.165) is 18.1 Å². The summed E-state index contributed by atoms with van der Waals surface area (Å²) in [5, 5.41) is 3.49. The van der Waals surface area contributed by atoms with Crippen molar-refractivity contribution in [3.63, 3.8) is 0 Å². The van der Waals surface area contributed by atoms with E-state index >= 15 is 0 Å². The van der Waals surface area contributed by atoms with Gasteiger partial charge in [-0.15, -0.1) is 0 Å². The Hall–Kier alpha value is -0.760. The van der Waals surface area contributed by atoms with E-state index in [2.05, 4.69) is 25.2 Å². The summed E-state index contributed by atoms with van der Waals surface area (Å²) in [6.45, 7) is 9.42. The number of rotatable bonds is 5. The van der Waals surface area contributed by atoms with Gasteiger partial charge in [-0.2, -0.15) is 0 Å². The first-order valence-corrected chi connectivity index (χ1v) is 5.49. The zero-order valence-corrected chi connectivity index (χ0v) is 9.68. The van der Waals surface area contributed by atoms with Gasteiger partial charge in [0.15, 0.2) is 0 Å². The van der Waals surface area contributed by atoms with E-state index in [0.29, 0.717) is 6.04 Å². The number of nitrogens with one attached hydrogen (secondary N) is 1. The Labute approximate surface area is 86.7 Å². The topological polar surface area (TPSA) is 25.2 Å². The summed E-state index contributed by atoms with van der Waals surface area (Å²) in [5.74, 6) is 2.07. The SMILES string of the molecule is CCCC(NCC)c1cc(C)oc1C. The largest absolute Gasteiger partial charge is 0.466 e. The Morgan fingerprint density at radius 3 is 2.50 bits per heavy atom. The van der Waals surface area contributed by atoms with Crippen molar-refractivity contribution in [2.24, 2.45) is 0 Å². The molecule has 1 heterocycles. The van der Waals surface area contributed by atoms with E-state index in [4.69, 9.17) is 4.42 Å². The van der Waals surface area contributed by atoms with Gasteiger partial charge in [0.05, 0.1) is 0 Å². The first-order chi connectivity index (χ1) is 6.69. The average Bonchev–Trinajstić information content (AvgIpc) is 2.45. The standard InChI is InChI=1S/C12H21NO/c1-5-7-12(13-6-2)11-8-9(3)14-10(11)4/h8,12-13H,5-7H2,1-4H3. The van der Waals surface area contributed by atoms with Crippen LogP contribution in [0.4, 0.5) is 0 Å². The van der Waals surface area contributed by atoms with Gasteiger partial charge in [0.25, 0.3) is 0 Å². The summed E-state index contributed by atoms with van der Waals surface area (Å²) in [5.41, 5.74) is 1.33. The molecule has 1 unspecified atom stereocenters. The molecule has 1 rings (SSSR count). The number of hydrogen-bond donors (Lipinski definition) is 1. The molecule has 80 valence electrons. The van der Waals surface area contributed by atoms with E-state index in [-0.39, 0.29) is 0 Å². The molecule has 0 spiro atoms. The van der Waals surface area contributed by atoms with Crippen LogP contribution in [0.15, 0.2) is 10.5 Å². The van der Waals surface area contributed by atoms with Crippen molar-refractivity contribution in [3.05, 3.63) is 23.2 Å². The van der Waals surface area contributed by atoms with Gasteiger partial charge in [-0.05, 0) is 32.9 Å². The quantitative estimate of drug-likeness (QED) is 0.779. The Bertz CT molecular complexity index is 272. The lowest BCUT2D eigenvalue weighted by Crippen LogP contribution is -2.20. The van der Waals surface area contributed by atoms with Gasteiger partial charge in [0, 0.05) is 11.6 Å². The van der Waals surface area contributed by atoms with Crippen molar-refractivity contribution in [1.82, 2.24) is 5.32 Å². The first-order valence-electron chi connectivity index (χ1n) is 5.49. The van der Waals surface area contributed by atoms with Gasteiger partial charge in [-0.25, -0.2) is 0 Å². The second kappa shape index (κ2) is 5.20. The first kappa shape index (κ1) is 11.3. The van der Waals surface area contributed by atoms with Gasteiger partial charge in [-0.1, -0.05) is 20.3 Å². The highest BCUT2D eigenvalue weighted by Crippen LogP contribution is 2.24. The molecule has 0 aromatic carbocycles. The second-order valence-corrected chi connectivity index (χ2v) is 3.77. The van der Waals surface area contributed by atoms with E-state index in [1.807, 2.05) is 13.8 Å². The van der Waals surface area contributed by atoms with Crippen molar-refractivity contribution < 1.29 is 4.42 Å². The second-order valence-electron chi connectivity index (χ2n) is 3.77. The molecule has 1 aromatic rings. The van der Waals surface area contributed by atoms with Crippen molar-refractivity contribution in [2.75, 3.05) is 6.54 Å². The van der Waals surface area contributed by atoms with Crippen molar-refractivity contribution in [2.45, 2.75) is 46.6 Å². The van der Waals surface area contributed by atoms with E-state index in [1.54, 1.807) is 0 Å². The minimum absolute atomic E-state index is 0.461. The van der Waals surface area contributed by atoms with Crippen LogP contribution in [0.1, 0.15) is 49.8 Å². The molecule has 2 nitrogen and oxygen atoms in total. The molecule has 1 aromatic heterocycles. The molecule has 14 heavy (non-hydrogen) atoms. The van der Waals surface area contributed by atoms with E-state index in [1.165, 1.54) is 18.4 Å². The van der Waals surface area contributed by atoms with Gasteiger partial charge in [0.1, 0.15) is 11.5 Å². The van der Waals surface area contributed by atoms with Crippen molar-refractivity contribution in [3.8, 4) is 0 Å². The van der Waals surface area contributed by atoms with Crippen LogP contribution < -0.4 is 5.32 Å². The maximum Gasteiger partial charge on any atom is 0.105 e. The normalized spacial score (nSPS) is 13.1. The molecular weight excluding hydrogens is 174 g/mol. The van der Waals surface area contributed by atoms with Crippen LogP contribution in [0.25, 0.3) is 0 Å².